The zero-order chi connectivity index (χ0) is 22.2. The van der Waals surface area contributed by atoms with Crippen molar-refractivity contribution in [3.05, 3.63) is 74.9 Å². The van der Waals surface area contributed by atoms with E-state index in [1.54, 1.807) is 18.3 Å². The number of nitriles is 1. The number of anilines is 1. The third-order valence-corrected chi connectivity index (χ3v) is 6.89. The highest BCUT2D eigenvalue weighted by Gasteiger charge is 2.35. The lowest BCUT2D eigenvalue weighted by atomic mass is 10.0. The number of halogens is 1. The van der Waals surface area contributed by atoms with E-state index in [1.807, 2.05) is 28.9 Å². The number of likely N-dealkylation sites (tertiary alicyclic amines) is 1. The second-order valence-corrected chi connectivity index (χ2v) is 9.06. The van der Waals surface area contributed by atoms with Crippen molar-refractivity contribution in [2.45, 2.75) is 31.5 Å². The van der Waals surface area contributed by atoms with Gasteiger partial charge in [0.15, 0.2) is 5.69 Å². The van der Waals surface area contributed by atoms with Crippen LogP contribution < -0.4 is 15.8 Å². The largest absolute Gasteiger partial charge is 0.326 e. The van der Waals surface area contributed by atoms with E-state index in [9.17, 15) is 4.79 Å². The quantitative estimate of drug-likeness (QED) is 0.757. The van der Waals surface area contributed by atoms with Gasteiger partial charge in [-0.1, -0.05) is 18.2 Å². The highest BCUT2D eigenvalue weighted by atomic mass is 35.5. The minimum Gasteiger partial charge on any atom is -0.326 e. The van der Waals surface area contributed by atoms with E-state index < -0.39 is 0 Å². The van der Waals surface area contributed by atoms with E-state index in [-0.39, 0.29) is 17.3 Å². The van der Waals surface area contributed by atoms with E-state index in [2.05, 4.69) is 26.7 Å². The molecule has 0 amide bonds. The minimum atomic E-state index is 0.0607. The van der Waals surface area contributed by atoms with Crippen LogP contribution in [0.1, 0.15) is 35.7 Å². The Kier molecular flexibility index (Phi) is 5.60. The lowest BCUT2D eigenvalue weighted by Gasteiger charge is -2.34. The zero-order valence-electron chi connectivity index (χ0n) is 17.8. The van der Waals surface area contributed by atoms with E-state index >= 15 is 0 Å². The number of nitrogens with zero attached hydrogens (tertiary/aromatic N) is 5. The molecule has 8 heteroatoms. The average Bonchev–Trinajstić information content (AvgIpc) is 3.19. The summed E-state index contributed by atoms with van der Waals surface area (Å²) in [5, 5.41) is 12.9. The Morgan fingerprint density at radius 1 is 1.28 bits per heavy atom. The van der Waals surface area contributed by atoms with Crippen LogP contribution in [0.2, 0.25) is 5.02 Å². The first-order valence-corrected chi connectivity index (χ1v) is 11.3. The van der Waals surface area contributed by atoms with Gasteiger partial charge in [0, 0.05) is 49.2 Å². The van der Waals surface area contributed by atoms with Crippen LogP contribution in [0, 0.1) is 11.3 Å². The van der Waals surface area contributed by atoms with Gasteiger partial charge in [-0.05, 0) is 55.8 Å². The van der Waals surface area contributed by atoms with Crippen molar-refractivity contribution >= 4 is 23.5 Å². The van der Waals surface area contributed by atoms with Gasteiger partial charge in [-0.2, -0.15) is 5.26 Å². The summed E-state index contributed by atoms with van der Waals surface area (Å²) in [7, 11) is 0. The second kappa shape index (κ2) is 8.55. The van der Waals surface area contributed by atoms with E-state index in [0.29, 0.717) is 17.6 Å². The fourth-order valence-corrected chi connectivity index (χ4v) is 5.14. The maximum Gasteiger partial charge on any atom is 0.252 e. The van der Waals surface area contributed by atoms with Gasteiger partial charge in [-0.3, -0.25) is 9.36 Å². The lowest BCUT2D eigenvalue weighted by Crippen LogP contribution is -2.44. The van der Waals surface area contributed by atoms with E-state index in [0.717, 1.165) is 61.7 Å². The molecular formula is C24H25ClN6O. The maximum atomic E-state index is 12.7. The van der Waals surface area contributed by atoms with Gasteiger partial charge in [0.2, 0.25) is 0 Å². The van der Waals surface area contributed by atoms with Gasteiger partial charge in [0.1, 0.15) is 11.9 Å². The summed E-state index contributed by atoms with van der Waals surface area (Å²) in [6.07, 6.45) is 7.86. The normalized spacial score (nSPS) is 20.4. The molecule has 0 saturated carbocycles. The number of hydrogen-bond acceptors (Lipinski definition) is 6. The van der Waals surface area contributed by atoms with Crippen LogP contribution in [0.5, 0.6) is 0 Å². The second-order valence-electron chi connectivity index (χ2n) is 8.65. The van der Waals surface area contributed by atoms with Crippen molar-refractivity contribution in [2.24, 2.45) is 0 Å². The molecule has 2 aromatic heterocycles. The van der Waals surface area contributed by atoms with Crippen molar-refractivity contribution in [3.8, 4) is 6.07 Å². The minimum absolute atomic E-state index is 0.0607. The van der Waals surface area contributed by atoms with E-state index in [4.69, 9.17) is 16.9 Å². The van der Waals surface area contributed by atoms with Crippen LogP contribution in [-0.2, 0) is 6.54 Å². The number of aromatic nitrogens is 2. The van der Waals surface area contributed by atoms with Gasteiger partial charge in [-0.15, -0.1) is 0 Å². The Morgan fingerprint density at radius 3 is 2.84 bits per heavy atom. The van der Waals surface area contributed by atoms with Gasteiger partial charge in [0.25, 0.3) is 5.56 Å². The first-order valence-electron chi connectivity index (χ1n) is 10.9. The Balaban J connectivity index is 1.18. The smallest absolute Gasteiger partial charge is 0.252 e. The van der Waals surface area contributed by atoms with Gasteiger partial charge >= 0.3 is 0 Å². The third-order valence-electron chi connectivity index (χ3n) is 6.60. The van der Waals surface area contributed by atoms with Gasteiger partial charge < -0.3 is 15.1 Å². The highest BCUT2D eigenvalue weighted by molar-refractivity contribution is 6.31. The molecule has 0 spiro atoms. The standard InChI is InChI=1S/C24H25ClN6O/c1-16-2-3-18-4-5-23(32)31-20(15-30(16)24(18)31)14-29-8-6-19(7-9-29)27-12-17-10-21(25)22(11-26)28-13-17/h2-5,10,13,19-20,27H,1,6-9,12,14-15H2. The fraction of sp³-hybridized carbons (Fsp3) is 0.375. The van der Waals surface area contributed by atoms with Gasteiger partial charge in [0.05, 0.1) is 11.1 Å². The van der Waals surface area contributed by atoms with Crippen molar-refractivity contribution in [3.63, 3.8) is 0 Å². The number of hydrogen-bond donors (Lipinski definition) is 1. The predicted molar refractivity (Wildman–Crippen MR) is 126 cm³/mol. The van der Waals surface area contributed by atoms with Crippen molar-refractivity contribution in [1.29, 1.82) is 5.26 Å². The molecule has 164 valence electrons. The number of nitrogens with one attached hydrogen (secondary N) is 1. The summed E-state index contributed by atoms with van der Waals surface area (Å²) >= 11 is 6.09. The molecule has 1 fully saturated rings. The first kappa shape index (κ1) is 21.0. The molecule has 32 heavy (non-hydrogen) atoms. The molecule has 0 aliphatic carbocycles. The topological polar surface area (TPSA) is 77.2 Å². The van der Waals surface area contributed by atoms with Crippen LogP contribution in [0.4, 0.5) is 5.82 Å². The molecule has 3 aliphatic heterocycles. The van der Waals surface area contributed by atoms with Gasteiger partial charge in [-0.25, -0.2) is 4.98 Å². The summed E-state index contributed by atoms with van der Waals surface area (Å²) in [4.78, 5) is 21.4. The molecule has 2 aromatic rings. The Labute approximate surface area is 192 Å². The maximum absolute atomic E-state index is 12.7. The Hall–Kier alpha value is -2.92. The summed E-state index contributed by atoms with van der Waals surface area (Å²) < 4.78 is 1.95. The molecular weight excluding hydrogens is 424 g/mol. The van der Waals surface area contributed by atoms with Crippen LogP contribution >= 0.6 is 11.6 Å². The molecule has 3 aliphatic rings. The highest BCUT2D eigenvalue weighted by Crippen LogP contribution is 2.37. The Morgan fingerprint density at radius 2 is 2.09 bits per heavy atom. The molecule has 1 saturated heterocycles. The number of piperidine rings is 1. The molecule has 1 N–H and O–H groups in total. The molecule has 7 nitrogen and oxygen atoms in total. The third kappa shape index (κ3) is 3.86. The van der Waals surface area contributed by atoms with Crippen LogP contribution in [-0.4, -0.2) is 46.7 Å². The van der Waals surface area contributed by atoms with Crippen LogP contribution in [0.15, 0.2) is 47.5 Å². The molecule has 5 rings (SSSR count). The SMILES string of the molecule is C=C1C=Cc2ccc(=O)n3c2N1CC3CN1CCC(NCc2cnc(C#N)c(Cl)c2)CC1. The fourth-order valence-electron chi connectivity index (χ4n) is 4.91. The van der Waals surface area contributed by atoms with E-state index in [1.165, 1.54) is 0 Å². The van der Waals surface area contributed by atoms with Crippen molar-refractivity contribution in [2.75, 3.05) is 31.1 Å². The molecule has 0 bridgehead atoms. The molecule has 1 unspecified atom stereocenters. The summed E-state index contributed by atoms with van der Waals surface area (Å²) in [6, 6.07) is 7.92. The molecule has 5 heterocycles. The van der Waals surface area contributed by atoms with Crippen molar-refractivity contribution in [1.82, 2.24) is 19.8 Å². The summed E-state index contributed by atoms with van der Waals surface area (Å²) in [5.74, 6) is 0.987. The Bertz CT molecular complexity index is 1190. The molecule has 1 atom stereocenters. The van der Waals surface area contributed by atoms with Crippen molar-refractivity contribution < 1.29 is 0 Å². The predicted octanol–water partition coefficient (Wildman–Crippen LogP) is 2.92. The number of rotatable bonds is 5. The molecule has 0 radical (unpaired) electrons. The molecule has 0 aromatic carbocycles. The lowest BCUT2D eigenvalue weighted by molar-refractivity contribution is 0.177. The summed E-state index contributed by atoms with van der Waals surface area (Å²) in [6.45, 7) is 8.47. The monoisotopic (exact) mass is 448 g/mol. The average molecular weight is 449 g/mol. The number of pyridine rings is 2. The number of allylic oxidation sites excluding steroid dienone is 1. The zero-order valence-corrected chi connectivity index (χ0v) is 18.6. The first-order chi connectivity index (χ1) is 15.5. The summed E-state index contributed by atoms with van der Waals surface area (Å²) in [5.41, 5.74) is 3.33. The van der Waals surface area contributed by atoms with Crippen LogP contribution in [0.25, 0.3) is 6.08 Å². The van der Waals surface area contributed by atoms with Crippen LogP contribution in [0.3, 0.4) is 0 Å².